The molecule has 0 atom stereocenters. The van der Waals surface area contributed by atoms with E-state index in [9.17, 15) is 0 Å². The fourth-order valence-corrected chi connectivity index (χ4v) is 2.12. The van der Waals surface area contributed by atoms with Crippen LogP contribution in [-0.4, -0.2) is 9.97 Å². The molecule has 0 saturated heterocycles. The van der Waals surface area contributed by atoms with Crippen LogP contribution in [0, 0.1) is 0 Å². The predicted octanol–water partition coefficient (Wildman–Crippen LogP) is 3.69. The number of hydrogen-bond donors (Lipinski definition) is 2. The molecule has 3 N–H and O–H groups in total. The molecule has 0 aliphatic rings. The minimum atomic E-state index is 0.520. The summed E-state index contributed by atoms with van der Waals surface area (Å²) in [4.78, 5) is 8.81. The summed E-state index contributed by atoms with van der Waals surface area (Å²) in [7, 11) is 0. The van der Waals surface area contributed by atoms with E-state index in [1.165, 1.54) is 0 Å². The van der Waals surface area contributed by atoms with Crippen molar-refractivity contribution in [2.24, 2.45) is 5.84 Å². The molecule has 4 nitrogen and oxygen atoms in total. The van der Waals surface area contributed by atoms with E-state index in [4.69, 9.17) is 29.0 Å². The Balaban J connectivity index is 2.54. The van der Waals surface area contributed by atoms with Crippen LogP contribution in [0.3, 0.4) is 0 Å². The summed E-state index contributed by atoms with van der Waals surface area (Å²) in [6.45, 7) is 2.09. The Morgan fingerprint density at radius 1 is 1.21 bits per heavy atom. The molecule has 1 aromatic carbocycles. The zero-order valence-corrected chi connectivity index (χ0v) is 12.0. The number of nitrogen functional groups attached to an aromatic ring is 1. The molecular formula is C13H14Cl2N4. The van der Waals surface area contributed by atoms with Crippen molar-refractivity contribution in [2.45, 2.75) is 19.8 Å². The van der Waals surface area contributed by atoms with E-state index in [1.807, 2.05) is 6.07 Å². The van der Waals surface area contributed by atoms with Gasteiger partial charge in [0.05, 0.1) is 5.02 Å². The number of aromatic nitrogens is 2. The standard InChI is InChI=1S/C13H14Cl2N4/c1-2-3-9-7-12(19-16)18-13(17-9)10-6-8(14)4-5-11(10)15/h4-7H,2-3,16H2,1H3,(H,17,18,19). The number of nitrogens with one attached hydrogen (secondary N) is 1. The van der Waals surface area contributed by atoms with Gasteiger partial charge in [-0.05, 0) is 24.6 Å². The monoisotopic (exact) mass is 296 g/mol. The molecule has 2 rings (SSSR count). The number of nitrogens with two attached hydrogens (primary N) is 1. The Kier molecular flexibility index (Phi) is 4.58. The molecule has 6 heteroatoms. The molecular weight excluding hydrogens is 283 g/mol. The summed E-state index contributed by atoms with van der Waals surface area (Å²) in [5, 5.41) is 1.15. The minimum Gasteiger partial charge on any atom is -0.308 e. The zero-order valence-electron chi connectivity index (χ0n) is 10.5. The van der Waals surface area contributed by atoms with Gasteiger partial charge in [-0.1, -0.05) is 36.5 Å². The number of halogens is 2. The molecule has 0 aliphatic heterocycles. The van der Waals surface area contributed by atoms with E-state index in [1.54, 1.807) is 18.2 Å². The Hall–Kier alpha value is -1.36. The first kappa shape index (κ1) is 14.1. The fraction of sp³-hybridized carbons (Fsp3) is 0.231. The second-order valence-corrected chi connectivity index (χ2v) is 4.93. The number of hydrogen-bond acceptors (Lipinski definition) is 4. The maximum atomic E-state index is 6.17. The number of hydrazine groups is 1. The van der Waals surface area contributed by atoms with Crippen LogP contribution in [0.4, 0.5) is 5.82 Å². The molecule has 0 spiro atoms. The highest BCUT2D eigenvalue weighted by atomic mass is 35.5. The van der Waals surface area contributed by atoms with Crippen LogP contribution < -0.4 is 11.3 Å². The lowest BCUT2D eigenvalue weighted by molar-refractivity contribution is 0.875. The highest BCUT2D eigenvalue weighted by molar-refractivity contribution is 6.35. The van der Waals surface area contributed by atoms with Crippen LogP contribution in [0.5, 0.6) is 0 Å². The van der Waals surface area contributed by atoms with Gasteiger partial charge in [0.15, 0.2) is 5.82 Å². The summed E-state index contributed by atoms with van der Waals surface area (Å²) < 4.78 is 0. The number of nitrogens with zero attached hydrogens (tertiary/aromatic N) is 2. The molecule has 1 heterocycles. The lowest BCUT2D eigenvalue weighted by Crippen LogP contribution is -2.10. The van der Waals surface area contributed by atoms with Crippen molar-refractivity contribution >= 4 is 29.0 Å². The highest BCUT2D eigenvalue weighted by Gasteiger charge is 2.10. The Labute approximate surface area is 121 Å². The SMILES string of the molecule is CCCc1cc(NN)nc(-c2cc(Cl)ccc2Cl)n1. The molecule has 0 amide bonds. The summed E-state index contributed by atoms with van der Waals surface area (Å²) in [6.07, 6.45) is 1.84. The van der Waals surface area contributed by atoms with Crippen molar-refractivity contribution in [3.8, 4) is 11.4 Å². The lowest BCUT2D eigenvalue weighted by Gasteiger charge is -2.08. The maximum Gasteiger partial charge on any atom is 0.163 e. The largest absolute Gasteiger partial charge is 0.308 e. The van der Waals surface area contributed by atoms with Gasteiger partial charge in [-0.25, -0.2) is 15.8 Å². The van der Waals surface area contributed by atoms with Crippen LogP contribution >= 0.6 is 23.2 Å². The van der Waals surface area contributed by atoms with Crippen LogP contribution in [0.1, 0.15) is 19.0 Å². The summed E-state index contributed by atoms with van der Waals surface area (Å²) in [6, 6.07) is 7.02. The molecule has 0 unspecified atom stereocenters. The number of aryl methyl sites for hydroxylation is 1. The molecule has 19 heavy (non-hydrogen) atoms. The Morgan fingerprint density at radius 3 is 2.68 bits per heavy atom. The van der Waals surface area contributed by atoms with Crippen LogP contribution in [0.2, 0.25) is 10.0 Å². The van der Waals surface area contributed by atoms with E-state index >= 15 is 0 Å². The molecule has 0 radical (unpaired) electrons. The first-order chi connectivity index (χ1) is 9.13. The average molecular weight is 297 g/mol. The van der Waals surface area contributed by atoms with Crippen LogP contribution in [-0.2, 0) is 6.42 Å². The first-order valence-corrected chi connectivity index (χ1v) is 6.69. The van der Waals surface area contributed by atoms with E-state index in [-0.39, 0.29) is 0 Å². The highest BCUT2D eigenvalue weighted by Crippen LogP contribution is 2.29. The number of rotatable bonds is 4. The fourth-order valence-electron chi connectivity index (χ4n) is 1.74. The molecule has 100 valence electrons. The zero-order chi connectivity index (χ0) is 13.8. The third kappa shape index (κ3) is 3.35. The maximum absolute atomic E-state index is 6.17. The van der Waals surface area contributed by atoms with Gasteiger partial charge in [0.25, 0.3) is 0 Å². The topological polar surface area (TPSA) is 63.8 Å². The van der Waals surface area contributed by atoms with Gasteiger partial charge in [0, 0.05) is 22.3 Å². The van der Waals surface area contributed by atoms with Crippen molar-refractivity contribution in [1.29, 1.82) is 0 Å². The normalized spacial score (nSPS) is 10.5. The van der Waals surface area contributed by atoms with Crippen molar-refractivity contribution in [3.05, 3.63) is 40.0 Å². The quantitative estimate of drug-likeness (QED) is 0.667. The third-order valence-corrected chi connectivity index (χ3v) is 3.17. The van der Waals surface area contributed by atoms with Gasteiger partial charge in [-0.15, -0.1) is 0 Å². The van der Waals surface area contributed by atoms with Crippen LogP contribution in [0.15, 0.2) is 24.3 Å². The second-order valence-electron chi connectivity index (χ2n) is 4.09. The average Bonchev–Trinajstić information content (AvgIpc) is 2.41. The smallest absolute Gasteiger partial charge is 0.163 e. The molecule has 0 aliphatic carbocycles. The molecule has 0 bridgehead atoms. The molecule has 1 aromatic heterocycles. The molecule has 2 aromatic rings. The molecule has 0 fully saturated rings. The van der Waals surface area contributed by atoms with E-state index in [0.29, 0.717) is 27.3 Å². The Bertz CT molecular complexity index is 587. The van der Waals surface area contributed by atoms with Gasteiger partial charge in [0.2, 0.25) is 0 Å². The van der Waals surface area contributed by atoms with E-state index in [2.05, 4.69) is 22.3 Å². The van der Waals surface area contributed by atoms with Gasteiger partial charge in [-0.3, -0.25) is 0 Å². The third-order valence-electron chi connectivity index (χ3n) is 2.60. The number of benzene rings is 1. The molecule has 0 saturated carbocycles. The lowest BCUT2D eigenvalue weighted by atomic mass is 10.2. The Morgan fingerprint density at radius 2 is 2.00 bits per heavy atom. The van der Waals surface area contributed by atoms with Gasteiger partial charge in [0.1, 0.15) is 5.82 Å². The number of anilines is 1. The first-order valence-electron chi connectivity index (χ1n) is 5.94. The van der Waals surface area contributed by atoms with Crippen molar-refractivity contribution in [2.75, 3.05) is 5.43 Å². The van der Waals surface area contributed by atoms with Crippen LogP contribution in [0.25, 0.3) is 11.4 Å². The van der Waals surface area contributed by atoms with Gasteiger partial charge >= 0.3 is 0 Å². The summed E-state index contributed by atoms with van der Waals surface area (Å²) in [5.74, 6) is 6.51. The van der Waals surface area contributed by atoms with E-state index in [0.717, 1.165) is 18.5 Å². The van der Waals surface area contributed by atoms with E-state index < -0.39 is 0 Å². The van der Waals surface area contributed by atoms with Gasteiger partial charge in [-0.2, -0.15) is 0 Å². The van der Waals surface area contributed by atoms with Gasteiger partial charge < -0.3 is 5.43 Å². The van der Waals surface area contributed by atoms with Crippen molar-refractivity contribution < 1.29 is 0 Å². The van der Waals surface area contributed by atoms with Crippen molar-refractivity contribution in [3.63, 3.8) is 0 Å². The predicted molar refractivity (Wildman–Crippen MR) is 79.3 cm³/mol. The van der Waals surface area contributed by atoms with Crippen molar-refractivity contribution in [1.82, 2.24) is 9.97 Å². The summed E-state index contributed by atoms with van der Waals surface area (Å²) >= 11 is 12.2. The second kappa shape index (κ2) is 6.19. The minimum absolute atomic E-state index is 0.520. The summed E-state index contributed by atoms with van der Waals surface area (Å²) in [5.41, 5.74) is 4.15.